The van der Waals surface area contributed by atoms with Crippen molar-refractivity contribution < 1.29 is 19.6 Å². The molecular weight excluding hydrogens is 446 g/mol. The molecule has 9 heteroatoms. The highest BCUT2D eigenvalue weighted by molar-refractivity contribution is 6.30. The van der Waals surface area contributed by atoms with E-state index < -0.39 is 16.9 Å². The second-order valence-corrected chi connectivity index (χ2v) is 7.99. The molecular formula is C24H22ClN3O5. The zero-order valence-electron chi connectivity index (χ0n) is 17.6. The van der Waals surface area contributed by atoms with E-state index in [1.165, 1.54) is 12.1 Å². The summed E-state index contributed by atoms with van der Waals surface area (Å²) in [5.74, 6) is -0.524. The first kappa shape index (κ1) is 22.7. The van der Waals surface area contributed by atoms with Gasteiger partial charge in [-0.1, -0.05) is 41.9 Å². The molecule has 33 heavy (non-hydrogen) atoms. The molecule has 1 atom stereocenters. The molecule has 8 nitrogen and oxygen atoms in total. The molecule has 1 aliphatic rings. The highest BCUT2D eigenvalue weighted by Gasteiger charge is 2.24. The van der Waals surface area contributed by atoms with E-state index in [4.69, 9.17) is 16.3 Å². The molecule has 0 bridgehead atoms. The van der Waals surface area contributed by atoms with E-state index in [1.807, 2.05) is 11.0 Å². The van der Waals surface area contributed by atoms with Gasteiger partial charge < -0.3 is 20.1 Å². The van der Waals surface area contributed by atoms with Gasteiger partial charge in [0, 0.05) is 41.5 Å². The molecule has 0 radical (unpaired) electrons. The number of nitro groups is 1. The number of ether oxygens (including phenoxy) is 1. The van der Waals surface area contributed by atoms with Gasteiger partial charge in [0.2, 0.25) is 0 Å². The molecule has 4 rings (SSSR count). The second kappa shape index (κ2) is 9.99. The quantitative estimate of drug-likeness (QED) is 0.410. The van der Waals surface area contributed by atoms with Crippen LogP contribution in [0.1, 0.15) is 27.6 Å². The number of nitrogens with one attached hydrogen (secondary N) is 1. The lowest BCUT2D eigenvalue weighted by Gasteiger charge is -2.30. The number of nitrogens with zero attached hydrogens (tertiary/aromatic N) is 2. The number of aliphatic hydroxyl groups is 1. The summed E-state index contributed by atoms with van der Waals surface area (Å²) in [6.45, 7) is 2.14. The minimum absolute atomic E-state index is 0.168. The highest BCUT2D eigenvalue weighted by Crippen LogP contribution is 2.33. The second-order valence-electron chi connectivity index (χ2n) is 7.56. The van der Waals surface area contributed by atoms with Gasteiger partial charge in [0.25, 0.3) is 11.6 Å². The summed E-state index contributed by atoms with van der Waals surface area (Å²) in [7, 11) is 0. The van der Waals surface area contributed by atoms with Crippen molar-refractivity contribution >= 4 is 34.6 Å². The van der Waals surface area contributed by atoms with Gasteiger partial charge in [0.05, 0.1) is 29.4 Å². The summed E-state index contributed by atoms with van der Waals surface area (Å²) < 4.78 is 5.38. The Kier molecular flexibility index (Phi) is 6.88. The Morgan fingerprint density at radius 3 is 2.52 bits per heavy atom. The molecule has 1 heterocycles. The Morgan fingerprint density at radius 1 is 1.09 bits per heavy atom. The molecule has 0 aliphatic carbocycles. The average Bonchev–Trinajstić information content (AvgIpc) is 2.85. The lowest BCUT2D eigenvalue weighted by molar-refractivity contribution is -0.384. The summed E-state index contributed by atoms with van der Waals surface area (Å²) in [6, 6.07) is 18.0. The molecule has 0 aromatic heterocycles. The maximum Gasteiger partial charge on any atom is 0.270 e. The number of aliphatic hydroxyl groups excluding tert-OH is 1. The Balaban J connectivity index is 1.70. The fraction of sp³-hybridized carbons (Fsp3) is 0.208. The van der Waals surface area contributed by atoms with E-state index in [1.54, 1.807) is 48.5 Å². The number of carbonyl (C=O) groups is 1. The number of non-ortho nitro benzene ring substituents is 1. The van der Waals surface area contributed by atoms with Crippen LogP contribution in [-0.2, 0) is 4.74 Å². The van der Waals surface area contributed by atoms with Crippen molar-refractivity contribution in [3.05, 3.63) is 98.6 Å². The highest BCUT2D eigenvalue weighted by atomic mass is 35.5. The van der Waals surface area contributed by atoms with Crippen LogP contribution in [0.2, 0.25) is 5.02 Å². The molecule has 1 saturated heterocycles. The van der Waals surface area contributed by atoms with E-state index in [2.05, 4.69) is 5.32 Å². The van der Waals surface area contributed by atoms with Crippen molar-refractivity contribution in [1.29, 1.82) is 0 Å². The third kappa shape index (κ3) is 5.14. The Bertz CT molecular complexity index is 1170. The van der Waals surface area contributed by atoms with E-state index >= 15 is 0 Å². The molecule has 1 unspecified atom stereocenters. The van der Waals surface area contributed by atoms with Crippen LogP contribution in [-0.4, -0.2) is 42.2 Å². The molecule has 3 aromatic carbocycles. The van der Waals surface area contributed by atoms with Gasteiger partial charge in [-0.15, -0.1) is 0 Å². The van der Waals surface area contributed by atoms with Gasteiger partial charge in [-0.25, -0.2) is 0 Å². The van der Waals surface area contributed by atoms with Crippen LogP contribution >= 0.6 is 11.6 Å². The zero-order chi connectivity index (χ0) is 23.4. The summed E-state index contributed by atoms with van der Waals surface area (Å²) >= 11 is 6.17. The van der Waals surface area contributed by atoms with Crippen molar-refractivity contribution in [2.24, 2.45) is 0 Å². The van der Waals surface area contributed by atoms with E-state index in [0.29, 0.717) is 53.8 Å². The zero-order valence-corrected chi connectivity index (χ0v) is 18.4. The number of anilines is 2. The minimum Gasteiger partial charge on any atom is -0.384 e. The molecule has 170 valence electrons. The lowest BCUT2D eigenvalue weighted by Crippen LogP contribution is -2.37. The first-order valence-corrected chi connectivity index (χ1v) is 10.8. The number of benzene rings is 3. The number of amides is 1. The van der Waals surface area contributed by atoms with Gasteiger partial charge >= 0.3 is 0 Å². The van der Waals surface area contributed by atoms with Crippen LogP contribution in [0.3, 0.4) is 0 Å². The first-order valence-electron chi connectivity index (χ1n) is 10.4. The third-order valence-electron chi connectivity index (χ3n) is 5.46. The molecule has 0 spiro atoms. The summed E-state index contributed by atoms with van der Waals surface area (Å²) in [5, 5.41) is 25.5. The third-order valence-corrected chi connectivity index (χ3v) is 5.69. The molecule has 1 aliphatic heterocycles. The van der Waals surface area contributed by atoms with Gasteiger partial charge in [0.1, 0.15) is 6.10 Å². The SMILES string of the molecule is O=C(Nc1ccc(Cl)cc1C(O)c1ccccc1)c1cc([N+](=O)[O-])ccc1N1CCOCC1. The predicted molar refractivity (Wildman–Crippen MR) is 126 cm³/mol. The number of rotatable bonds is 6. The Morgan fingerprint density at radius 2 is 1.82 bits per heavy atom. The van der Waals surface area contributed by atoms with Crippen molar-refractivity contribution in [1.82, 2.24) is 0 Å². The number of hydrogen-bond donors (Lipinski definition) is 2. The van der Waals surface area contributed by atoms with Crippen molar-refractivity contribution in [3.63, 3.8) is 0 Å². The number of nitro benzene ring substituents is 1. The van der Waals surface area contributed by atoms with Crippen molar-refractivity contribution in [2.45, 2.75) is 6.10 Å². The van der Waals surface area contributed by atoms with Crippen LogP contribution in [0.5, 0.6) is 0 Å². The van der Waals surface area contributed by atoms with Crippen LogP contribution in [0.4, 0.5) is 17.1 Å². The topological polar surface area (TPSA) is 105 Å². The van der Waals surface area contributed by atoms with Gasteiger partial charge in [-0.05, 0) is 29.8 Å². The average molecular weight is 468 g/mol. The molecule has 3 aromatic rings. The van der Waals surface area contributed by atoms with E-state index in [0.717, 1.165) is 0 Å². The standard InChI is InChI=1S/C24H22ClN3O5/c25-17-6-8-21(19(14-17)23(29)16-4-2-1-3-5-16)26-24(30)20-15-18(28(31)32)7-9-22(20)27-10-12-33-13-11-27/h1-9,14-15,23,29H,10-13H2,(H,26,30). The fourth-order valence-electron chi connectivity index (χ4n) is 3.78. The van der Waals surface area contributed by atoms with Crippen LogP contribution in [0.25, 0.3) is 0 Å². The number of halogens is 1. The van der Waals surface area contributed by atoms with E-state index in [-0.39, 0.29) is 11.3 Å². The molecule has 1 fully saturated rings. The summed E-state index contributed by atoms with van der Waals surface area (Å²) in [5.41, 5.74) is 1.99. The smallest absolute Gasteiger partial charge is 0.270 e. The normalized spacial score (nSPS) is 14.5. The van der Waals surface area contributed by atoms with Gasteiger partial charge in [-0.3, -0.25) is 14.9 Å². The molecule has 0 saturated carbocycles. The Hall–Kier alpha value is -3.46. The fourth-order valence-corrected chi connectivity index (χ4v) is 3.96. The minimum atomic E-state index is -1.02. The predicted octanol–water partition coefficient (Wildman–Crippen LogP) is 4.42. The molecule has 1 amide bonds. The number of carbonyl (C=O) groups excluding carboxylic acids is 1. The van der Waals surface area contributed by atoms with E-state index in [9.17, 15) is 20.0 Å². The monoisotopic (exact) mass is 467 g/mol. The Labute approximate surface area is 195 Å². The van der Waals surface area contributed by atoms with Crippen molar-refractivity contribution in [3.8, 4) is 0 Å². The van der Waals surface area contributed by atoms with Crippen LogP contribution in [0, 0.1) is 10.1 Å². The maximum atomic E-state index is 13.3. The van der Waals surface area contributed by atoms with Gasteiger partial charge in [-0.2, -0.15) is 0 Å². The number of morpholine rings is 1. The first-order chi connectivity index (χ1) is 15.9. The summed E-state index contributed by atoms with van der Waals surface area (Å²) in [6.07, 6.45) is -1.02. The summed E-state index contributed by atoms with van der Waals surface area (Å²) in [4.78, 5) is 26.1. The van der Waals surface area contributed by atoms with Crippen molar-refractivity contribution in [2.75, 3.05) is 36.5 Å². The maximum absolute atomic E-state index is 13.3. The molecule has 2 N–H and O–H groups in total. The largest absolute Gasteiger partial charge is 0.384 e. The number of hydrogen-bond acceptors (Lipinski definition) is 6. The van der Waals surface area contributed by atoms with Crippen LogP contribution < -0.4 is 10.2 Å². The van der Waals surface area contributed by atoms with Crippen LogP contribution in [0.15, 0.2) is 66.7 Å². The van der Waals surface area contributed by atoms with Gasteiger partial charge in [0.15, 0.2) is 0 Å². The lowest BCUT2D eigenvalue weighted by atomic mass is 9.99.